The largest absolute Gasteiger partial charge is 0.392 e. The van der Waals surface area contributed by atoms with Gasteiger partial charge in [-0.3, -0.25) is 9.59 Å². The molecule has 2 rings (SSSR count). The maximum atomic E-state index is 12.3. The number of Topliss-reactive ketones (excluding diaryl/α,β-unsaturated/α-hetero) is 1. The summed E-state index contributed by atoms with van der Waals surface area (Å²) in [4.78, 5) is 24.3. The van der Waals surface area contributed by atoms with Gasteiger partial charge < -0.3 is 10.2 Å². The van der Waals surface area contributed by atoms with Crippen LogP contribution in [0.4, 0.5) is 0 Å². The molecule has 1 aromatic carbocycles. The zero-order chi connectivity index (χ0) is 25.0. The third-order valence-corrected chi connectivity index (χ3v) is 7.41. The smallest absolute Gasteiger partial charge is 0.264 e. The summed E-state index contributed by atoms with van der Waals surface area (Å²) in [5.41, 5.74) is 0. The first-order valence-corrected chi connectivity index (χ1v) is 13.6. The normalized spacial score (nSPS) is 22.0. The summed E-state index contributed by atoms with van der Waals surface area (Å²) in [6.07, 6.45) is 11.4. The lowest BCUT2D eigenvalue weighted by molar-refractivity contribution is -0.121. The average Bonchev–Trinajstić information content (AvgIpc) is 3.07. The van der Waals surface area contributed by atoms with Gasteiger partial charge >= 0.3 is 0 Å². The number of hydrogen-bond acceptors (Lipinski definition) is 6. The molecule has 3 N–H and O–H groups in total. The number of benzene rings is 1. The quantitative estimate of drug-likeness (QED) is 0.270. The van der Waals surface area contributed by atoms with Crippen LogP contribution in [0, 0.1) is 11.8 Å². The van der Waals surface area contributed by atoms with Crippen molar-refractivity contribution in [1.29, 1.82) is 0 Å². The molecule has 0 aliphatic heterocycles. The second-order valence-corrected chi connectivity index (χ2v) is 10.5. The highest BCUT2D eigenvalue weighted by atomic mass is 32.2. The molecule has 1 amide bonds. The highest BCUT2D eigenvalue weighted by molar-refractivity contribution is 7.90. The van der Waals surface area contributed by atoms with Crippen LogP contribution in [-0.2, 0) is 19.6 Å². The molecule has 7 nitrogen and oxygen atoms in total. The Morgan fingerprint density at radius 1 is 1.18 bits per heavy atom. The Hall–Kier alpha value is -2.29. The minimum Gasteiger partial charge on any atom is -0.392 e. The van der Waals surface area contributed by atoms with Crippen molar-refractivity contribution in [3.63, 3.8) is 0 Å². The van der Waals surface area contributed by atoms with E-state index in [-0.39, 0.29) is 35.4 Å². The lowest BCUT2D eigenvalue weighted by Gasteiger charge is -2.16. The Bertz CT molecular complexity index is 941. The van der Waals surface area contributed by atoms with E-state index in [2.05, 4.69) is 11.6 Å². The Balaban J connectivity index is 1.75. The van der Waals surface area contributed by atoms with E-state index in [1.54, 1.807) is 30.4 Å². The molecule has 0 aromatic heterocycles. The van der Waals surface area contributed by atoms with Crippen molar-refractivity contribution in [2.45, 2.75) is 81.8 Å². The van der Waals surface area contributed by atoms with Gasteiger partial charge in [-0.1, -0.05) is 68.7 Å². The predicted molar refractivity (Wildman–Crippen MR) is 131 cm³/mol. The second kappa shape index (κ2) is 14.2. The molecule has 1 fully saturated rings. The van der Waals surface area contributed by atoms with Gasteiger partial charge in [0.1, 0.15) is 5.78 Å². The van der Waals surface area contributed by atoms with Crippen LogP contribution in [0.1, 0.15) is 64.7 Å². The number of carbonyl (C=O) groups is 2. The standard InChI is InChI=1S/C26H37NO6S/c1-2-3-7-12-20(28)17-18-23-22(24(29)19-25(23)30)15-10-4-5-11-16-26(31)27-34(32,33)21-13-8-6-9-14-21/h4,6,8-10,13-14,17-18,20,22-23,25,28,30H,2-3,5,7,11-12,15-16,19H2,1H3,(H,27,31)/b10-4-,18-17+/t20-,22+,23+,25+/m0/s1. The van der Waals surface area contributed by atoms with Crippen molar-refractivity contribution in [2.24, 2.45) is 11.8 Å². The second-order valence-electron chi connectivity index (χ2n) is 8.81. The average molecular weight is 492 g/mol. The van der Waals surface area contributed by atoms with E-state index >= 15 is 0 Å². The first-order chi connectivity index (χ1) is 16.2. The van der Waals surface area contributed by atoms with Crippen LogP contribution >= 0.6 is 0 Å². The van der Waals surface area contributed by atoms with Gasteiger partial charge in [-0.2, -0.15) is 0 Å². The van der Waals surface area contributed by atoms with Crippen LogP contribution in [0.15, 0.2) is 59.5 Å². The summed E-state index contributed by atoms with van der Waals surface area (Å²) in [5.74, 6) is -1.19. The summed E-state index contributed by atoms with van der Waals surface area (Å²) in [7, 11) is -3.86. The lowest BCUT2D eigenvalue weighted by Crippen LogP contribution is -2.30. The Labute approximate surface area is 203 Å². The van der Waals surface area contributed by atoms with Gasteiger partial charge in [0.05, 0.1) is 17.1 Å². The van der Waals surface area contributed by atoms with Crippen molar-refractivity contribution in [3.8, 4) is 0 Å². The third-order valence-electron chi connectivity index (χ3n) is 6.02. The maximum absolute atomic E-state index is 12.3. The van der Waals surface area contributed by atoms with Crippen LogP contribution < -0.4 is 4.72 Å². The molecule has 1 aromatic rings. The number of allylic oxidation sites excluding steroid dienone is 2. The molecule has 0 spiro atoms. The lowest BCUT2D eigenvalue weighted by atomic mass is 9.90. The van der Waals surface area contributed by atoms with E-state index in [1.807, 2.05) is 12.2 Å². The zero-order valence-corrected chi connectivity index (χ0v) is 20.6. The Morgan fingerprint density at radius 3 is 2.62 bits per heavy atom. The number of ketones is 1. The van der Waals surface area contributed by atoms with Crippen LogP contribution in [0.25, 0.3) is 0 Å². The number of rotatable bonds is 14. The fourth-order valence-corrected chi connectivity index (χ4v) is 5.12. The van der Waals surface area contributed by atoms with E-state index in [9.17, 15) is 28.2 Å². The van der Waals surface area contributed by atoms with Gasteiger partial charge in [0, 0.05) is 24.7 Å². The van der Waals surface area contributed by atoms with Crippen molar-refractivity contribution < 1.29 is 28.2 Å². The van der Waals surface area contributed by atoms with Gasteiger partial charge in [-0.25, -0.2) is 13.1 Å². The first-order valence-electron chi connectivity index (χ1n) is 12.1. The molecule has 8 heteroatoms. The number of unbranched alkanes of at least 4 members (excludes halogenated alkanes) is 3. The molecule has 34 heavy (non-hydrogen) atoms. The number of hydrogen-bond donors (Lipinski definition) is 3. The SMILES string of the molecule is CCCCC[C@H](O)/C=C/[C@H]1[C@H](O)CC(=O)[C@@H]1C/C=C\CCCC(=O)NS(=O)(=O)c1ccccc1. The van der Waals surface area contributed by atoms with Crippen LogP contribution in [-0.4, -0.2) is 42.5 Å². The van der Waals surface area contributed by atoms with Crippen LogP contribution in [0.3, 0.4) is 0 Å². The van der Waals surface area contributed by atoms with Crippen LogP contribution in [0.2, 0.25) is 0 Å². The monoisotopic (exact) mass is 491 g/mol. The molecule has 0 radical (unpaired) electrons. The number of aliphatic hydroxyl groups is 2. The van der Waals surface area contributed by atoms with Gasteiger partial charge in [-0.15, -0.1) is 0 Å². The number of sulfonamides is 1. The molecular weight excluding hydrogens is 454 g/mol. The van der Waals surface area contributed by atoms with Crippen molar-refractivity contribution in [3.05, 3.63) is 54.6 Å². The molecule has 1 saturated carbocycles. The molecule has 4 atom stereocenters. The number of amides is 1. The minimum atomic E-state index is -3.86. The summed E-state index contributed by atoms with van der Waals surface area (Å²) >= 11 is 0. The molecule has 0 saturated heterocycles. The van der Waals surface area contributed by atoms with Crippen LogP contribution in [0.5, 0.6) is 0 Å². The van der Waals surface area contributed by atoms with E-state index in [0.717, 1.165) is 19.3 Å². The van der Waals surface area contributed by atoms with Gasteiger partial charge in [0.2, 0.25) is 5.91 Å². The zero-order valence-electron chi connectivity index (χ0n) is 19.8. The molecule has 1 aliphatic carbocycles. The third kappa shape index (κ3) is 9.16. The van der Waals surface area contributed by atoms with Gasteiger partial charge in [0.25, 0.3) is 10.0 Å². The molecule has 188 valence electrons. The van der Waals surface area contributed by atoms with Crippen molar-refractivity contribution in [2.75, 3.05) is 0 Å². The summed E-state index contributed by atoms with van der Waals surface area (Å²) < 4.78 is 26.4. The van der Waals surface area contributed by atoms with E-state index in [4.69, 9.17) is 0 Å². The topological polar surface area (TPSA) is 121 Å². The van der Waals surface area contributed by atoms with E-state index < -0.39 is 28.1 Å². The number of carbonyl (C=O) groups excluding carboxylic acids is 2. The van der Waals surface area contributed by atoms with E-state index in [1.165, 1.54) is 12.1 Å². The Morgan fingerprint density at radius 2 is 1.91 bits per heavy atom. The molecular formula is C26H37NO6S. The first kappa shape index (κ1) is 28.0. The highest BCUT2D eigenvalue weighted by Crippen LogP contribution is 2.33. The maximum Gasteiger partial charge on any atom is 0.264 e. The van der Waals surface area contributed by atoms with E-state index in [0.29, 0.717) is 25.7 Å². The molecule has 1 aliphatic rings. The fraction of sp³-hybridized carbons (Fsp3) is 0.538. The molecule has 0 unspecified atom stereocenters. The summed E-state index contributed by atoms with van der Waals surface area (Å²) in [6, 6.07) is 7.73. The Kier molecular flexibility index (Phi) is 11.7. The number of nitrogens with one attached hydrogen (secondary N) is 1. The summed E-state index contributed by atoms with van der Waals surface area (Å²) in [6.45, 7) is 2.10. The molecule has 0 bridgehead atoms. The van der Waals surface area contributed by atoms with Gasteiger partial charge in [0.15, 0.2) is 0 Å². The highest BCUT2D eigenvalue weighted by Gasteiger charge is 2.39. The van der Waals surface area contributed by atoms with Crippen molar-refractivity contribution in [1.82, 2.24) is 4.72 Å². The van der Waals surface area contributed by atoms with Crippen molar-refractivity contribution >= 4 is 21.7 Å². The molecule has 0 heterocycles. The number of aliphatic hydroxyl groups excluding tert-OH is 2. The summed E-state index contributed by atoms with van der Waals surface area (Å²) in [5, 5.41) is 20.4. The fourth-order valence-electron chi connectivity index (χ4n) is 4.08. The van der Waals surface area contributed by atoms with Gasteiger partial charge in [-0.05, 0) is 37.8 Å². The predicted octanol–water partition coefficient (Wildman–Crippen LogP) is 3.67. The minimum absolute atomic E-state index is 0.0118.